The lowest BCUT2D eigenvalue weighted by atomic mass is 10.0. The van der Waals surface area contributed by atoms with Crippen molar-refractivity contribution in [1.29, 1.82) is 0 Å². The molecule has 0 aliphatic carbocycles. The Morgan fingerprint density at radius 3 is 3.11 bits per heavy atom. The van der Waals surface area contributed by atoms with Gasteiger partial charge in [-0.1, -0.05) is 6.42 Å². The van der Waals surface area contributed by atoms with Crippen LogP contribution < -0.4 is 5.32 Å². The minimum Gasteiger partial charge on any atom is -0.368 e. The Hall–Kier alpha value is -1.62. The molecule has 5 heteroatoms. The molecule has 1 atom stereocenters. The predicted molar refractivity (Wildman–Crippen MR) is 76.5 cm³/mol. The number of rotatable bonds is 3. The van der Waals surface area contributed by atoms with Crippen LogP contribution in [-0.4, -0.2) is 45.7 Å². The largest absolute Gasteiger partial charge is 0.368 e. The van der Waals surface area contributed by atoms with E-state index < -0.39 is 0 Å². The molecule has 102 valence electrons. The second-order valence-electron chi connectivity index (χ2n) is 5.46. The van der Waals surface area contributed by atoms with Gasteiger partial charge in [-0.25, -0.2) is 4.98 Å². The lowest BCUT2D eigenvalue weighted by Crippen LogP contribution is -2.41. The Morgan fingerprint density at radius 2 is 2.26 bits per heavy atom. The highest BCUT2D eigenvalue weighted by molar-refractivity contribution is 5.51. The maximum atomic E-state index is 4.27. The average Bonchev–Trinajstić information content (AvgIpc) is 2.85. The van der Waals surface area contributed by atoms with Gasteiger partial charge in [0, 0.05) is 12.6 Å². The number of nitrogens with one attached hydrogen (secondary N) is 1. The summed E-state index contributed by atoms with van der Waals surface area (Å²) in [6, 6.07) is 4.79. The molecule has 0 radical (unpaired) electrons. The zero-order valence-corrected chi connectivity index (χ0v) is 11.6. The second-order valence-corrected chi connectivity index (χ2v) is 5.46. The number of aryl methyl sites for hydroxylation is 1. The molecular weight excluding hydrogens is 238 g/mol. The Morgan fingerprint density at radius 1 is 1.37 bits per heavy atom. The number of hydrogen-bond acceptors (Lipinski definition) is 4. The van der Waals surface area contributed by atoms with Crippen LogP contribution in [0.5, 0.6) is 0 Å². The van der Waals surface area contributed by atoms with Crippen LogP contribution in [0.3, 0.4) is 0 Å². The van der Waals surface area contributed by atoms with Gasteiger partial charge in [0.25, 0.3) is 0 Å². The predicted octanol–water partition coefficient (Wildman–Crippen LogP) is 1.93. The van der Waals surface area contributed by atoms with Crippen molar-refractivity contribution in [2.45, 2.75) is 32.2 Å². The molecule has 1 aliphatic rings. The number of hydrogen-bond donors (Lipinski definition) is 1. The zero-order chi connectivity index (χ0) is 13.2. The Bertz CT molecular complexity index is 562. The van der Waals surface area contributed by atoms with E-state index in [2.05, 4.69) is 40.3 Å². The minimum atomic E-state index is 0.618. The fourth-order valence-electron chi connectivity index (χ4n) is 2.81. The highest BCUT2D eigenvalue weighted by Gasteiger charge is 2.18. The zero-order valence-electron chi connectivity index (χ0n) is 11.6. The quantitative estimate of drug-likeness (QED) is 0.915. The Kier molecular flexibility index (Phi) is 3.38. The summed E-state index contributed by atoms with van der Waals surface area (Å²) < 4.78 is 1.87. The molecule has 19 heavy (non-hydrogen) atoms. The van der Waals surface area contributed by atoms with E-state index in [1.54, 1.807) is 6.33 Å². The highest BCUT2D eigenvalue weighted by Crippen LogP contribution is 2.17. The summed E-state index contributed by atoms with van der Waals surface area (Å²) in [6.07, 6.45) is 5.54. The number of aromatic nitrogens is 3. The molecule has 1 saturated heterocycles. The van der Waals surface area contributed by atoms with Crippen LogP contribution in [0.1, 0.15) is 24.8 Å². The number of piperidine rings is 1. The van der Waals surface area contributed by atoms with Crippen LogP contribution in [-0.2, 0) is 0 Å². The molecule has 2 aromatic rings. The van der Waals surface area contributed by atoms with Crippen LogP contribution >= 0.6 is 0 Å². The van der Waals surface area contributed by atoms with Gasteiger partial charge >= 0.3 is 0 Å². The standard InChI is InChI=1S/C14H21N5/c1-11-7-13(19-14(8-11)16-10-17-19)15-9-12-5-3-4-6-18(12)2/h7-8,10,12,15H,3-6,9H2,1-2H3. The summed E-state index contributed by atoms with van der Waals surface area (Å²) in [4.78, 5) is 6.70. The van der Waals surface area contributed by atoms with E-state index in [9.17, 15) is 0 Å². The molecule has 2 aromatic heterocycles. The van der Waals surface area contributed by atoms with Gasteiger partial charge in [0.05, 0.1) is 0 Å². The molecule has 0 spiro atoms. The maximum absolute atomic E-state index is 4.27. The summed E-state index contributed by atoms with van der Waals surface area (Å²) in [5.41, 5.74) is 2.11. The van der Waals surface area contributed by atoms with E-state index in [1.807, 2.05) is 10.6 Å². The number of pyridine rings is 1. The van der Waals surface area contributed by atoms with Gasteiger partial charge in [-0.05, 0) is 51.1 Å². The summed E-state index contributed by atoms with van der Waals surface area (Å²) in [6.45, 7) is 4.26. The second kappa shape index (κ2) is 5.17. The van der Waals surface area contributed by atoms with Gasteiger partial charge in [0.15, 0.2) is 5.65 Å². The molecule has 5 nitrogen and oxygen atoms in total. The maximum Gasteiger partial charge on any atom is 0.157 e. The fourth-order valence-corrected chi connectivity index (χ4v) is 2.81. The third-order valence-corrected chi connectivity index (χ3v) is 3.96. The first-order chi connectivity index (χ1) is 9.24. The molecule has 1 fully saturated rings. The van der Waals surface area contributed by atoms with E-state index >= 15 is 0 Å². The molecule has 1 unspecified atom stereocenters. The lowest BCUT2D eigenvalue weighted by Gasteiger charge is -2.32. The van der Waals surface area contributed by atoms with Gasteiger partial charge in [0.2, 0.25) is 0 Å². The summed E-state index contributed by atoms with van der Waals surface area (Å²) in [5, 5.41) is 7.81. The van der Waals surface area contributed by atoms with E-state index in [4.69, 9.17) is 0 Å². The molecule has 1 N–H and O–H groups in total. The van der Waals surface area contributed by atoms with Crippen molar-refractivity contribution in [2.24, 2.45) is 0 Å². The van der Waals surface area contributed by atoms with Gasteiger partial charge in [-0.15, -0.1) is 0 Å². The van der Waals surface area contributed by atoms with Crippen molar-refractivity contribution in [3.05, 3.63) is 24.0 Å². The topological polar surface area (TPSA) is 45.5 Å². The van der Waals surface area contributed by atoms with Crippen LogP contribution in [0, 0.1) is 6.92 Å². The molecule has 0 bridgehead atoms. The lowest BCUT2D eigenvalue weighted by molar-refractivity contribution is 0.194. The molecular formula is C14H21N5. The first-order valence-electron chi connectivity index (χ1n) is 6.98. The third-order valence-electron chi connectivity index (χ3n) is 3.96. The molecule has 0 aromatic carbocycles. The summed E-state index contributed by atoms with van der Waals surface area (Å²) >= 11 is 0. The number of anilines is 1. The summed E-state index contributed by atoms with van der Waals surface area (Å²) in [5.74, 6) is 1.03. The smallest absolute Gasteiger partial charge is 0.157 e. The number of nitrogens with zero attached hydrogens (tertiary/aromatic N) is 4. The highest BCUT2D eigenvalue weighted by atomic mass is 15.3. The van der Waals surface area contributed by atoms with Crippen molar-refractivity contribution in [3.63, 3.8) is 0 Å². The van der Waals surface area contributed by atoms with Crippen LogP contribution in [0.25, 0.3) is 5.65 Å². The number of fused-ring (bicyclic) bond motifs is 1. The van der Waals surface area contributed by atoms with Gasteiger partial charge in [-0.2, -0.15) is 9.61 Å². The number of likely N-dealkylation sites (N-methyl/N-ethyl adjacent to an activating group) is 1. The van der Waals surface area contributed by atoms with Crippen molar-refractivity contribution in [3.8, 4) is 0 Å². The van der Waals surface area contributed by atoms with Crippen molar-refractivity contribution in [2.75, 3.05) is 25.5 Å². The molecule has 0 saturated carbocycles. The Balaban J connectivity index is 1.75. The Labute approximate surface area is 113 Å². The normalized spacial score (nSPS) is 20.8. The molecule has 1 aliphatic heterocycles. The van der Waals surface area contributed by atoms with E-state index in [1.165, 1.54) is 31.4 Å². The van der Waals surface area contributed by atoms with Crippen LogP contribution in [0.15, 0.2) is 18.5 Å². The van der Waals surface area contributed by atoms with Gasteiger partial charge < -0.3 is 10.2 Å². The number of likely N-dealkylation sites (tertiary alicyclic amines) is 1. The first-order valence-corrected chi connectivity index (χ1v) is 6.98. The fraction of sp³-hybridized carbons (Fsp3) is 0.571. The monoisotopic (exact) mass is 259 g/mol. The van der Waals surface area contributed by atoms with Crippen molar-refractivity contribution >= 4 is 11.5 Å². The van der Waals surface area contributed by atoms with Crippen molar-refractivity contribution < 1.29 is 0 Å². The van der Waals surface area contributed by atoms with E-state index in [-0.39, 0.29) is 0 Å². The van der Waals surface area contributed by atoms with Crippen LogP contribution in [0.4, 0.5) is 5.82 Å². The van der Waals surface area contributed by atoms with E-state index in [0.717, 1.165) is 18.0 Å². The van der Waals surface area contributed by atoms with Crippen LogP contribution in [0.2, 0.25) is 0 Å². The average molecular weight is 259 g/mol. The SMILES string of the molecule is Cc1cc(NCC2CCCCN2C)n2ncnc2c1. The van der Waals surface area contributed by atoms with Gasteiger partial charge in [0.1, 0.15) is 12.1 Å². The summed E-state index contributed by atoms with van der Waals surface area (Å²) in [7, 11) is 2.22. The third kappa shape index (κ3) is 2.56. The first kappa shape index (κ1) is 12.4. The van der Waals surface area contributed by atoms with Crippen molar-refractivity contribution in [1.82, 2.24) is 19.5 Å². The molecule has 3 rings (SSSR count). The van der Waals surface area contributed by atoms with Gasteiger partial charge in [-0.3, -0.25) is 0 Å². The van der Waals surface area contributed by atoms with E-state index in [0.29, 0.717) is 6.04 Å². The molecule has 3 heterocycles. The minimum absolute atomic E-state index is 0.618. The molecule has 0 amide bonds.